The Bertz CT molecular complexity index is 596. The van der Waals surface area contributed by atoms with E-state index in [-0.39, 0.29) is 4.75 Å². The molecule has 1 amide bonds. The van der Waals surface area contributed by atoms with Crippen molar-refractivity contribution in [2.45, 2.75) is 50.1 Å². The summed E-state index contributed by atoms with van der Waals surface area (Å²) in [7, 11) is 0. The lowest BCUT2D eigenvalue weighted by atomic mass is 9.92. The van der Waals surface area contributed by atoms with Crippen molar-refractivity contribution in [2.75, 3.05) is 18.8 Å². The van der Waals surface area contributed by atoms with Gasteiger partial charge in [-0.2, -0.15) is 0 Å². The first-order valence-corrected chi connectivity index (χ1v) is 9.56. The molecule has 4 rings (SSSR count). The van der Waals surface area contributed by atoms with Crippen molar-refractivity contribution < 1.29 is 9.53 Å². The normalized spacial score (nSPS) is 25.6. The molecule has 0 bridgehead atoms. The number of thioether (sulfide) groups is 1. The second-order valence-electron chi connectivity index (χ2n) is 7.30. The van der Waals surface area contributed by atoms with Crippen LogP contribution in [-0.2, 0) is 16.1 Å². The van der Waals surface area contributed by atoms with E-state index in [1.165, 1.54) is 12.8 Å². The van der Waals surface area contributed by atoms with Gasteiger partial charge in [0.1, 0.15) is 0 Å². The molecule has 23 heavy (non-hydrogen) atoms. The van der Waals surface area contributed by atoms with Crippen molar-refractivity contribution in [2.24, 2.45) is 5.92 Å². The quantitative estimate of drug-likeness (QED) is 0.831. The molecule has 1 spiro atoms. The number of aryl methyl sites for hydroxylation is 1. The van der Waals surface area contributed by atoms with Crippen molar-refractivity contribution in [3.8, 4) is 0 Å². The third kappa shape index (κ3) is 3.56. The number of amides is 1. The average molecular weight is 332 g/mol. The lowest BCUT2D eigenvalue weighted by Crippen LogP contribution is -2.60. The van der Waals surface area contributed by atoms with Crippen LogP contribution < -0.4 is 0 Å². The van der Waals surface area contributed by atoms with E-state index < -0.39 is 0 Å². The molecule has 1 saturated carbocycles. The molecule has 124 valence electrons. The molecular formula is C18H24N2O2S. The minimum atomic E-state index is 0.268. The summed E-state index contributed by atoms with van der Waals surface area (Å²) in [5.41, 5.74) is 2.04. The van der Waals surface area contributed by atoms with Crippen LogP contribution in [0.4, 0.5) is 0 Å². The predicted molar refractivity (Wildman–Crippen MR) is 91.3 cm³/mol. The van der Waals surface area contributed by atoms with Gasteiger partial charge in [-0.05, 0) is 44.2 Å². The van der Waals surface area contributed by atoms with Gasteiger partial charge in [0.25, 0.3) is 0 Å². The zero-order chi connectivity index (χ0) is 15.9. The average Bonchev–Trinajstić information content (AvgIpc) is 3.19. The zero-order valence-electron chi connectivity index (χ0n) is 13.7. The Morgan fingerprint density at radius 3 is 3.00 bits per heavy atom. The Hall–Kier alpha value is -1.07. The minimum Gasteiger partial charge on any atom is -0.371 e. The van der Waals surface area contributed by atoms with Gasteiger partial charge in [0.05, 0.1) is 23.2 Å². The number of ether oxygens (including phenoxy) is 1. The molecule has 5 heteroatoms. The smallest absolute Gasteiger partial charge is 0.222 e. The molecule has 0 N–H and O–H groups in total. The Kier molecular flexibility index (Phi) is 4.10. The highest BCUT2D eigenvalue weighted by molar-refractivity contribution is 8.01. The fourth-order valence-corrected chi connectivity index (χ4v) is 5.09. The van der Waals surface area contributed by atoms with E-state index in [1.54, 1.807) is 0 Å². The number of likely N-dealkylation sites (tertiary alicyclic amines) is 1. The van der Waals surface area contributed by atoms with Crippen LogP contribution in [0.5, 0.6) is 0 Å². The van der Waals surface area contributed by atoms with Crippen LogP contribution in [0.15, 0.2) is 18.2 Å². The largest absolute Gasteiger partial charge is 0.371 e. The van der Waals surface area contributed by atoms with E-state index in [0.29, 0.717) is 24.5 Å². The number of rotatable bonds is 5. The van der Waals surface area contributed by atoms with E-state index in [0.717, 1.165) is 43.1 Å². The summed E-state index contributed by atoms with van der Waals surface area (Å²) in [6, 6.07) is 6.05. The number of aromatic nitrogens is 1. The number of nitrogens with zero attached hydrogens (tertiary/aromatic N) is 2. The summed E-state index contributed by atoms with van der Waals surface area (Å²) < 4.78 is 6.33. The molecule has 4 nitrogen and oxygen atoms in total. The molecule has 1 aromatic rings. The van der Waals surface area contributed by atoms with Crippen molar-refractivity contribution in [3.05, 3.63) is 29.6 Å². The second-order valence-corrected chi connectivity index (χ2v) is 8.79. The van der Waals surface area contributed by atoms with Crippen LogP contribution in [0.1, 0.15) is 37.1 Å². The highest BCUT2D eigenvalue weighted by atomic mass is 32.2. The number of pyridine rings is 1. The predicted octanol–water partition coefficient (Wildman–Crippen LogP) is 2.79. The lowest BCUT2D eigenvalue weighted by molar-refractivity contribution is -0.137. The molecule has 3 aliphatic rings. The second kappa shape index (κ2) is 6.10. The number of carbonyl (C=O) groups is 1. The van der Waals surface area contributed by atoms with Crippen LogP contribution in [0.3, 0.4) is 0 Å². The molecule has 1 aliphatic carbocycles. The van der Waals surface area contributed by atoms with Crippen LogP contribution in [0, 0.1) is 12.8 Å². The van der Waals surface area contributed by atoms with E-state index in [4.69, 9.17) is 4.74 Å². The highest BCUT2D eigenvalue weighted by Gasteiger charge is 2.51. The molecule has 1 atom stereocenters. The summed E-state index contributed by atoms with van der Waals surface area (Å²) in [5.74, 6) is 2.09. The van der Waals surface area contributed by atoms with Gasteiger partial charge >= 0.3 is 0 Å². The molecule has 3 fully saturated rings. The third-order valence-electron chi connectivity index (χ3n) is 5.06. The van der Waals surface area contributed by atoms with Crippen molar-refractivity contribution >= 4 is 17.7 Å². The first-order chi connectivity index (χ1) is 11.1. The summed E-state index contributed by atoms with van der Waals surface area (Å²) in [6.07, 6.45) is 4.64. The Balaban J connectivity index is 1.23. The summed E-state index contributed by atoms with van der Waals surface area (Å²) in [5, 5.41) is 0. The Morgan fingerprint density at radius 1 is 1.43 bits per heavy atom. The third-order valence-corrected chi connectivity index (χ3v) is 6.63. The molecule has 3 heterocycles. The summed E-state index contributed by atoms with van der Waals surface area (Å²) in [4.78, 5) is 18.7. The van der Waals surface area contributed by atoms with Gasteiger partial charge in [0.2, 0.25) is 5.91 Å². The van der Waals surface area contributed by atoms with E-state index in [2.05, 4.69) is 9.88 Å². The number of hydrogen-bond donors (Lipinski definition) is 0. The van der Waals surface area contributed by atoms with Gasteiger partial charge in [-0.1, -0.05) is 6.07 Å². The van der Waals surface area contributed by atoms with E-state index >= 15 is 0 Å². The Labute approximate surface area is 142 Å². The first kappa shape index (κ1) is 15.5. The SMILES string of the molecule is Cc1cccc(CO[C@@H]2CSC3(C2)CN(C(=O)CC2CC2)C3)n1. The maximum Gasteiger partial charge on any atom is 0.222 e. The molecule has 0 unspecified atom stereocenters. The molecule has 2 aliphatic heterocycles. The monoisotopic (exact) mass is 332 g/mol. The molecule has 1 aromatic heterocycles. The maximum absolute atomic E-state index is 12.1. The zero-order valence-corrected chi connectivity index (χ0v) is 14.5. The van der Waals surface area contributed by atoms with Crippen molar-refractivity contribution in [1.29, 1.82) is 0 Å². The summed E-state index contributed by atoms with van der Waals surface area (Å²) >= 11 is 1.99. The van der Waals surface area contributed by atoms with E-state index in [9.17, 15) is 4.79 Å². The molecule has 2 saturated heterocycles. The van der Waals surface area contributed by atoms with Gasteiger partial charge in [0, 0.05) is 31.0 Å². The van der Waals surface area contributed by atoms with Gasteiger partial charge in [-0.25, -0.2) is 0 Å². The van der Waals surface area contributed by atoms with E-state index in [1.807, 2.05) is 36.9 Å². The van der Waals surface area contributed by atoms with Gasteiger partial charge < -0.3 is 9.64 Å². The number of hydrogen-bond acceptors (Lipinski definition) is 4. The minimum absolute atomic E-state index is 0.268. The van der Waals surface area contributed by atoms with Gasteiger partial charge in [-0.3, -0.25) is 9.78 Å². The maximum atomic E-state index is 12.1. The Morgan fingerprint density at radius 2 is 2.26 bits per heavy atom. The van der Waals surface area contributed by atoms with Crippen LogP contribution in [-0.4, -0.2) is 45.5 Å². The van der Waals surface area contributed by atoms with Crippen LogP contribution >= 0.6 is 11.8 Å². The summed E-state index contributed by atoms with van der Waals surface area (Å²) in [6.45, 7) is 4.44. The molecule has 0 aromatic carbocycles. The highest BCUT2D eigenvalue weighted by Crippen LogP contribution is 2.47. The van der Waals surface area contributed by atoms with Gasteiger partial charge in [0.15, 0.2) is 0 Å². The first-order valence-electron chi connectivity index (χ1n) is 8.58. The molecular weight excluding hydrogens is 308 g/mol. The van der Waals surface area contributed by atoms with Crippen LogP contribution in [0.2, 0.25) is 0 Å². The number of carbonyl (C=O) groups excluding carboxylic acids is 1. The van der Waals surface area contributed by atoms with Crippen molar-refractivity contribution in [1.82, 2.24) is 9.88 Å². The topological polar surface area (TPSA) is 42.4 Å². The fourth-order valence-electron chi connectivity index (χ4n) is 3.54. The lowest BCUT2D eigenvalue weighted by Gasteiger charge is -2.47. The van der Waals surface area contributed by atoms with Crippen molar-refractivity contribution in [3.63, 3.8) is 0 Å². The molecule has 0 radical (unpaired) electrons. The van der Waals surface area contributed by atoms with Crippen LogP contribution in [0.25, 0.3) is 0 Å². The standard InChI is InChI=1S/C18H24N2O2S/c1-13-3-2-4-15(19-13)9-22-16-8-18(23-10-16)11-20(12-18)17(21)7-14-5-6-14/h2-4,14,16H,5-12H2,1H3/t16-/m0/s1. The van der Waals surface area contributed by atoms with Gasteiger partial charge in [-0.15, -0.1) is 11.8 Å². The fraction of sp³-hybridized carbons (Fsp3) is 0.667.